The van der Waals surface area contributed by atoms with Gasteiger partial charge in [0.05, 0.1) is 23.6 Å². The molecule has 1 aromatic rings. The second kappa shape index (κ2) is 6.38. The maximum absolute atomic E-state index is 12.3. The molecule has 1 aromatic heterocycles. The lowest BCUT2D eigenvalue weighted by Gasteiger charge is -2.31. The van der Waals surface area contributed by atoms with Crippen LogP contribution in [0, 0.1) is 16.0 Å². The van der Waals surface area contributed by atoms with Gasteiger partial charge in [0.25, 0.3) is 11.6 Å². The van der Waals surface area contributed by atoms with Gasteiger partial charge in [-0.25, -0.2) is 0 Å². The van der Waals surface area contributed by atoms with Crippen molar-refractivity contribution in [1.29, 1.82) is 0 Å². The number of H-pyrrole nitrogens is 1. The van der Waals surface area contributed by atoms with Crippen molar-refractivity contribution >= 4 is 17.6 Å². The zero-order chi connectivity index (χ0) is 15.4. The lowest BCUT2D eigenvalue weighted by molar-refractivity contribution is -0.384. The maximum atomic E-state index is 12.3. The number of rotatable bonds is 4. The van der Waals surface area contributed by atoms with E-state index < -0.39 is 4.92 Å². The molecule has 0 aromatic carbocycles. The second-order valence-electron chi connectivity index (χ2n) is 4.87. The Labute approximate surface area is 121 Å². The molecule has 8 nitrogen and oxygen atoms in total. The first-order valence-electron chi connectivity index (χ1n) is 6.81. The van der Waals surface area contributed by atoms with E-state index in [0.29, 0.717) is 26.0 Å². The summed E-state index contributed by atoms with van der Waals surface area (Å²) in [5.74, 6) is -0.961. The van der Waals surface area contributed by atoms with E-state index in [0.717, 1.165) is 0 Å². The number of aromatic nitrogens is 1. The van der Waals surface area contributed by atoms with Crippen molar-refractivity contribution in [2.45, 2.75) is 19.8 Å². The molecule has 114 valence electrons. The molecule has 1 aliphatic rings. The van der Waals surface area contributed by atoms with Crippen LogP contribution >= 0.6 is 0 Å². The minimum Gasteiger partial charge on any atom is -0.466 e. The number of hydrogen-bond acceptors (Lipinski definition) is 5. The number of carbonyl (C=O) groups excluding carboxylic acids is 2. The Balaban J connectivity index is 2.04. The SMILES string of the molecule is CCOC(=O)[C@H]1CCCN(C(=O)c2cc([N+](=O)[O-])c[nH]2)C1. The summed E-state index contributed by atoms with van der Waals surface area (Å²) in [7, 11) is 0. The Morgan fingerprint density at radius 2 is 2.33 bits per heavy atom. The van der Waals surface area contributed by atoms with Gasteiger partial charge in [-0.15, -0.1) is 0 Å². The average molecular weight is 295 g/mol. The van der Waals surface area contributed by atoms with Gasteiger partial charge in [0.15, 0.2) is 0 Å². The lowest BCUT2D eigenvalue weighted by Crippen LogP contribution is -2.42. The Bertz CT molecular complexity index is 554. The first-order valence-corrected chi connectivity index (χ1v) is 6.81. The fraction of sp³-hybridized carbons (Fsp3) is 0.538. The highest BCUT2D eigenvalue weighted by Gasteiger charge is 2.30. The second-order valence-corrected chi connectivity index (χ2v) is 4.87. The first-order chi connectivity index (χ1) is 10.0. The molecule has 0 spiro atoms. The molecule has 1 fully saturated rings. The zero-order valence-corrected chi connectivity index (χ0v) is 11.7. The third-order valence-corrected chi connectivity index (χ3v) is 3.44. The van der Waals surface area contributed by atoms with Crippen LogP contribution in [0.4, 0.5) is 5.69 Å². The van der Waals surface area contributed by atoms with Gasteiger partial charge in [0.1, 0.15) is 5.69 Å². The van der Waals surface area contributed by atoms with Gasteiger partial charge in [-0.1, -0.05) is 0 Å². The van der Waals surface area contributed by atoms with Crippen LogP contribution in [0.25, 0.3) is 0 Å². The quantitative estimate of drug-likeness (QED) is 0.512. The summed E-state index contributed by atoms with van der Waals surface area (Å²) in [6.07, 6.45) is 2.57. The summed E-state index contributed by atoms with van der Waals surface area (Å²) in [6.45, 7) is 2.86. The standard InChI is InChI=1S/C13H17N3O5/c1-2-21-13(18)9-4-3-5-15(8-9)12(17)11-6-10(7-14-11)16(19)20/h6-7,9,14H,2-5,8H2,1H3/t9-/m0/s1. The van der Waals surface area contributed by atoms with E-state index >= 15 is 0 Å². The van der Waals surface area contributed by atoms with E-state index in [-0.39, 0.29) is 35.7 Å². The monoisotopic (exact) mass is 295 g/mol. The summed E-state index contributed by atoms with van der Waals surface area (Å²) in [6, 6.07) is 1.20. The van der Waals surface area contributed by atoms with Crippen LogP contribution < -0.4 is 0 Å². The summed E-state index contributed by atoms with van der Waals surface area (Å²) in [4.78, 5) is 38.2. The molecular formula is C13H17N3O5. The minimum atomic E-state index is -0.565. The summed E-state index contributed by atoms with van der Waals surface area (Å²) < 4.78 is 4.98. The third kappa shape index (κ3) is 3.39. The van der Waals surface area contributed by atoms with Crippen molar-refractivity contribution in [1.82, 2.24) is 9.88 Å². The Morgan fingerprint density at radius 3 is 2.95 bits per heavy atom. The van der Waals surface area contributed by atoms with Gasteiger partial charge in [0.2, 0.25) is 0 Å². The number of nitrogens with zero attached hydrogens (tertiary/aromatic N) is 2. The van der Waals surface area contributed by atoms with E-state index in [4.69, 9.17) is 4.74 Å². The van der Waals surface area contributed by atoms with Gasteiger partial charge in [-0.3, -0.25) is 19.7 Å². The molecule has 1 amide bonds. The van der Waals surface area contributed by atoms with Gasteiger partial charge < -0.3 is 14.6 Å². The van der Waals surface area contributed by atoms with Crippen molar-refractivity contribution in [2.75, 3.05) is 19.7 Å². The van der Waals surface area contributed by atoms with Gasteiger partial charge in [-0.05, 0) is 19.8 Å². The molecular weight excluding hydrogens is 278 g/mol. The predicted molar refractivity (Wildman–Crippen MR) is 72.7 cm³/mol. The molecule has 1 atom stereocenters. The summed E-state index contributed by atoms with van der Waals surface area (Å²) >= 11 is 0. The van der Waals surface area contributed by atoms with Crippen LogP contribution in [0.1, 0.15) is 30.3 Å². The lowest BCUT2D eigenvalue weighted by atomic mass is 9.98. The highest BCUT2D eigenvalue weighted by molar-refractivity contribution is 5.93. The molecule has 8 heteroatoms. The molecule has 21 heavy (non-hydrogen) atoms. The zero-order valence-electron chi connectivity index (χ0n) is 11.7. The fourth-order valence-electron chi connectivity index (χ4n) is 2.40. The van der Waals surface area contributed by atoms with Crippen molar-refractivity contribution in [3.63, 3.8) is 0 Å². The molecule has 2 rings (SSSR count). The highest BCUT2D eigenvalue weighted by Crippen LogP contribution is 2.21. The molecule has 0 bridgehead atoms. The molecule has 1 N–H and O–H groups in total. The number of carbonyl (C=O) groups is 2. The number of likely N-dealkylation sites (tertiary alicyclic amines) is 1. The Hall–Kier alpha value is -2.38. The molecule has 1 aliphatic heterocycles. The van der Waals surface area contributed by atoms with E-state index in [2.05, 4.69) is 4.98 Å². The smallest absolute Gasteiger partial charge is 0.310 e. The number of nitro groups is 1. The third-order valence-electron chi connectivity index (χ3n) is 3.44. The topological polar surface area (TPSA) is 106 Å². The van der Waals surface area contributed by atoms with Gasteiger partial charge in [0, 0.05) is 19.2 Å². The maximum Gasteiger partial charge on any atom is 0.310 e. The first kappa shape index (κ1) is 15.0. The molecule has 2 heterocycles. The Kier molecular flexibility index (Phi) is 4.56. The number of nitrogens with one attached hydrogen (secondary N) is 1. The minimum absolute atomic E-state index is 0.155. The van der Waals surface area contributed by atoms with Crippen molar-refractivity contribution < 1.29 is 19.2 Å². The van der Waals surface area contributed by atoms with Crippen LogP contribution in [0.15, 0.2) is 12.3 Å². The van der Waals surface area contributed by atoms with Crippen LogP contribution in [-0.2, 0) is 9.53 Å². The van der Waals surface area contributed by atoms with E-state index in [9.17, 15) is 19.7 Å². The number of aromatic amines is 1. The fourth-order valence-corrected chi connectivity index (χ4v) is 2.40. The molecule has 0 aliphatic carbocycles. The van der Waals surface area contributed by atoms with Crippen molar-refractivity contribution in [3.8, 4) is 0 Å². The number of esters is 1. The van der Waals surface area contributed by atoms with Gasteiger partial charge >= 0.3 is 5.97 Å². The van der Waals surface area contributed by atoms with E-state index in [1.165, 1.54) is 17.2 Å². The largest absolute Gasteiger partial charge is 0.466 e. The van der Waals surface area contributed by atoms with Crippen molar-refractivity contribution in [3.05, 3.63) is 28.1 Å². The van der Waals surface area contributed by atoms with Gasteiger partial charge in [-0.2, -0.15) is 0 Å². The number of amides is 1. The highest BCUT2D eigenvalue weighted by atomic mass is 16.6. The van der Waals surface area contributed by atoms with Crippen LogP contribution in [0.2, 0.25) is 0 Å². The van der Waals surface area contributed by atoms with Crippen LogP contribution in [0.3, 0.4) is 0 Å². The Morgan fingerprint density at radius 1 is 1.57 bits per heavy atom. The van der Waals surface area contributed by atoms with Crippen molar-refractivity contribution in [2.24, 2.45) is 5.92 Å². The summed E-state index contributed by atoms with van der Waals surface area (Å²) in [5.41, 5.74) is 0.00325. The van der Waals surface area contributed by atoms with Crippen LogP contribution in [-0.4, -0.2) is 46.4 Å². The predicted octanol–water partition coefficient (Wildman–Crippen LogP) is 1.34. The average Bonchev–Trinajstić information content (AvgIpc) is 2.97. The number of ether oxygens (including phenoxy) is 1. The van der Waals surface area contributed by atoms with E-state index in [1.54, 1.807) is 6.92 Å². The number of piperidine rings is 1. The summed E-state index contributed by atoms with van der Waals surface area (Å²) in [5, 5.41) is 10.6. The van der Waals surface area contributed by atoms with E-state index in [1.807, 2.05) is 0 Å². The van der Waals surface area contributed by atoms with Crippen LogP contribution in [0.5, 0.6) is 0 Å². The molecule has 1 saturated heterocycles. The normalized spacial score (nSPS) is 18.3. The molecule has 0 unspecified atom stereocenters. The molecule has 0 saturated carbocycles. The number of hydrogen-bond donors (Lipinski definition) is 1. The molecule has 0 radical (unpaired) electrons.